The predicted octanol–water partition coefficient (Wildman–Crippen LogP) is 1.98. The zero-order chi connectivity index (χ0) is 17.0. The third kappa shape index (κ3) is 5.61. The highest BCUT2D eigenvalue weighted by atomic mass is 32.2. The molecule has 0 saturated heterocycles. The molecule has 7 heteroatoms. The molecular formula is C15H27N3O2S2. The second-order valence-electron chi connectivity index (χ2n) is 6.22. The van der Waals surface area contributed by atoms with Crippen molar-refractivity contribution in [1.82, 2.24) is 10.6 Å². The molecule has 0 radical (unpaired) electrons. The quantitative estimate of drug-likeness (QED) is 0.611. The summed E-state index contributed by atoms with van der Waals surface area (Å²) < 4.78 is 22.6. The van der Waals surface area contributed by atoms with Crippen LogP contribution in [0.25, 0.3) is 0 Å². The molecule has 0 bridgehead atoms. The van der Waals surface area contributed by atoms with Gasteiger partial charge >= 0.3 is 0 Å². The molecule has 1 unspecified atom stereocenters. The van der Waals surface area contributed by atoms with Crippen molar-refractivity contribution in [3.05, 3.63) is 21.9 Å². The van der Waals surface area contributed by atoms with Gasteiger partial charge in [-0.15, -0.1) is 11.3 Å². The van der Waals surface area contributed by atoms with Gasteiger partial charge in [0.15, 0.2) is 15.8 Å². The average molecular weight is 346 g/mol. The van der Waals surface area contributed by atoms with Gasteiger partial charge in [0.1, 0.15) is 0 Å². The van der Waals surface area contributed by atoms with Crippen LogP contribution in [0.2, 0.25) is 0 Å². The van der Waals surface area contributed by atoms with Crippen LogP contribution in [-0.4, -0.2) is 45.0 Å². The maximum Gasteiger partial charge on any atom is 0.191 e. The largest absolute Gasteiger partial charge is 0.355 e. The van der Waals surface area contributed by atoms with Crippen LogP contribution in [0.4, 0.5) is 0 Å². The van der Waals surface area contributed by atoms with Gasteiger partial charge in [-0.25, -0.2) is 8.42 Å². The van der Waals surface area contributed by atoms with Crippen molar-refractivity contribution >= 4 is 27.1 Å². The van der Waals surface area contributed by atoms with Crippen LogP contribution < -0.4 is 10.6 Å². The molecule has 0 saturated carbocycles. The molecule has 126 valence electrons. The number of nitrogens with zero attached hydrogens (tertiary/aromatic N) is 1. The molecule has 22 heavy (non-hydrogen) atoms. The van der Waals surface area contributed by atoms with Crippen LogP contribution in [0.15, 0.2) is 17.1 Å². The molecule has 2 N–H and O–H groups in total. The van der Waals surface area contributed by atoms with Crippen molar-refractivity contribution in [2.24, 2.45) is 4.99 Å². The van der Waals surface area contributed by atoms with E-state index in [1.807, 2.05) is 0 Å². The fraction of sp³-hybridized carbons (Fsp3) is 0.667. The van der Waals surface area contributed by atoms with Crippen LogP contribution in [0.3, 0.4) is 0 Å². The minimum atomic E-state index is -3.12. The SMILES string of the molecule is CN=C(NCC(C)(C)S(C)(=O)=O)NC(C)Cc1ccc(C)s1. The fourth-order valence-electron chi connectivity index (χ4n) is 1.80. The third-order valence-electron chi connectivity index (χ3n) is 3.60. The molecule has 0 aliphatic heterocycles. The van der Waals surface area contributed by atoms with Crippen molar-refractivity contribution in [3.8, 4) is 0 Å². The smallest absolute Gasteiger partial charge is 0.191 e. The average Bonchev–Trinajstić information content (AvgIpc) is 2.78. The van der Waals surface area contributed by atoms with Gasteiger partial charge in [0.05, 0.1) is 4.75 Å². The molecule has 0 aliphatic carbocycles. The summed E-state index contributed by atoms with van der Waals surface area (Å²) in [6, 6.07) is 4.47. The fourth-order valence-corrected chi connectivity index (χ4v) is 3.16. The van der Waals surface area contributed by atoms with Gasteiger partial charge in [0.2, 0.25) is 0 Å². The van der Waals surface area contributed by atoms with Gasteiger partial charge in [0.25, 0.3) is 0 Å². The lowest BCUT2D eigenvalue weighted by molar-refractivity contribution is 0.542. The number of thiophene rings is 1. The Kier molecular flexibility index (Phi) is 6.43. The Balaban J connectivity index is 2.55. The summed E-state index contributed by atoms with van der Waals surface area (Å²) in [7, 11) is -1.44. The van der Waals surface area contributed by atoms with E-state index in [9.17, 15) is 8.42 Å². The molecular weight excluding hydrogens is 318 g/mol. The number of aliphatic imine (C=N–C) groups is 1. The molecule has 0 amide bonds. The summed E-state index contributed by atoms with van der Waals surface area (Å²) in [5.41, 5.74) is 0. The highest BCUT2D eigenvalue weighted by Crippen LogP contribution is 2.17. The highest BCUT2D eigenvalue weighted by molar-refractivity contribution is 7.92. The van der Waals surface area contributed by atoms with Crippen LogP contribution in [0.5, 0.6) is 0 Å². The van der Waals surface area contributed by atoms with Crippen molar-refractivity contribution < 1.29 is 8.42 Å². The van der Waals surface area contributed by atoms with Gasteiger partial charge in [0, 0.05) is 42.1 Å². The number of hydrogen-bond acceptors (Lipinski definition) is 4. The highest BCUT2D eigenvalue weighted by Gasteiger charge is 2.30. The Morgan fingerprint density at radius 3 is 2.50 bits per heavy atom. The summed E-state index contributed by atoms with van der Waals surface area (Å²) in [5, 5.41) is 6.40. The molecule has 0 spiro atoms. The lowest BCUT2D eigenvalue weighted by atomic mass is 10.2. The summed E-state index contributed by atoms with van der Waals surface area (Å²) in [5.74, 6) is 0.623. The molecule has 5 nitrogen and oxygen atoms in total. The molecule has 1 aromatic heterocycles. The van der Waals surface area contributed by atoms with E-state index in [2.05, 4.69) is 41.6 Å². The third-order valence-corrected chi connectivity index (χ3v) is 6.77. The van der Waals surface area contributed by atoms with Crippen LogP contribution in [0, 0.1) is 6.92 Å². The number of rotatable bonds is 6. The van der Waals surface area contributed by atoms with E-state index in [1.165, 1.54) is 16.0 Å². The summed E-state index contributed by atoms with van der Waals surface area (Å²) in [6.45, 7) is 7.92. The number of guanidine groups is 1. The minimum Gasteiger partial charge on any atom is -0.355 e. The number of aryl methyl sites for hydroxylation is 1. The Bertz CT molecular complexity index is 618. The predicted molar refractivity (Wildman–Crippen MR) is 95.6 cm³/mol. The van der Waals surface area contributed by atoms with Crippen LogP contribution in [0.1, 0.15) is 30.5 Å². The van der Waals surface area contributed by atoms with Gasteiger partial charge in [-0.05, 0) is 39.8 Å². The van der Waals surface area contributed by atoms with E-state index >= 15 is 0 Å². The molecule has 1 atom stereocenters. The summed E-state index contributed by atoms with van der Waals surface area (Å²) >= 11 is 1.79. The first kappa shape index (κ1) is 19.0. The first-order valence-corrected chi connectivity index (χ1v) is 9.98. The van der Waals surface area contributed by atoms with Crippen LogP contribution >= 0.6 is 11.3 Å². The lowest BCUT2D eigenvalue weighted by Crippen LogP contribution is -2.49. The molecule has 1 rings (SSSR count). The zero-order valence-corrected chi connectivity index (χ0v) is 15.9. The lowest BCUT2D eigenvalue weighted by Gasteiger charge is -2.25. The first-order valence-electron chi connectivity index (χ1n) is 7.27. The normalized spacial score (nSPS) is 14.7. The number of hydrogen-bond donors (Lipinski definition) is 2. The number of sulfone groups is 1. The molecule has 0 aliphatic rings. The van der Waals surface area contributed by atoms with E-state index in [4.69, 9.17) is 0 Å². The molecule has 0 fully saturated rings. The topological polar surface area (TPSA) is 70.6 Å². The van der Waals surface area contributed by atoms with Crippen molar-refractivity contribution in [2.45, 2.75) is 44.9 Å². The van der Waals surface area contributed by atoms with E-state index in [-0.39, 0.29) is 6.04 Å². The molecule has 1 aromatic rings. The van der Waals surface area contributed by atoms with Crippen LogP contribution in [-0.2, 0) is 16.3 Å². The van der Waals surface area contributed by atoms with E-state index in [0.29, 0.717) is 12.5 Å². The van der Waals surface area contributed by atoms with Gasteiger partial charge in [-0.2, -0.15) is 0 Å². The van der Waals surface area contributed by atoms with E-state index in [1.54, 1.807) is 32.2 Å². The molecule has 1 heterocycles. The Morgan fingerprint density at radius 1 is 1.41 bits per heavy atom. The maximum atomic E-state index is 11.7. The minimum absolute atomic E-state index is 0.214. The van der Waals surface area contributed by atoms with Crippen molar-refractivity contribution in [3.63, 3.8) is 0 Å². The standard InChI is InChI=1S/C15H27N3O2S2/c1-11(9-13-8-7-12(2)21-13)18-14(16-5)17-10-15(3,4)22(6,19)20/h7-8,11H,9-10H2,1-6H3,(H2,16,17,18). The van der Waals surface area contributed by atoms with Crippen molar-refractivity contribution in [1.29, 1.82) is 0 Å². The second kappa shape index (κ2) is 7.46. The molecule has 0 aromatic carbocycles. The van der Waals surface area contributed by atoms with Gasteiger partial charge < -0.3 is 10.6 Å². The second-order valence-corrected chi connectivity index (χ2v) is 10.2. The van der Waals surface area contributed by atoms with Gasteiger partial charge in [-0.3, -0.25) is 4.99 Å². The monoisotopic (exact) mass is 345 g/mol. The summed E-state index contributed by atoms with van der Waals surface area (Å²) in [6.07, 6.45) is 2.17. The van der Waals surface area contributed by atoms with E-state index in [0.717, 1.165) is 6.42 Å². The Labute approximate surface area is 138 Å². The summed E-state index contributed by atoms with van der Waals surface area (Å²) in [4.78, 5) is 6.79. The first-order chi connectivity index (χ1) is 10.0. The maximum absolute atomic E-state index is 11.7. The Hall–Kier alpha value is -1.08. The van der Waals surface area contributed by atoms with E-state index < -0.39 is 14.6 Å². The Morgan fingerprint density at radius 2 is 2.05 bits per heavy atom. The number of nitrogens with one attached hydrogen (secondary N) is 2. The van der Waals surface area contributed by atoms with Gasteiger partial charge in [-0.1, -0.05) is 0 Å². The van der Waals surface area contributed by atoms with Crippen molar-refractivity contribution in [2.75, 3.05) is 19.8 Å². The zero-order valence-electron chi connectivity index (χ0n) is 14.2.